The van der Waals surface area contributed by atoms with Gasteiger partial charge in [-0.25, -0.2) is 0 Å². The number of aromatic nitrogens is 3. The molecule has 0 amide bonds. The number of methoxy groups -OCH3 is 1. The van der Waals surface area contributed by atoms with Gasteiger partial charge in [-0.2, -0.15) is 0 Å². The highest BCUT2D eigenvalue weighted by atomic mass is 35.5. The van der Waals surface area contributed by atoms with E-state index in [-0.39, 0.29) is 12.1 Å². The molecule has 0 bridgehead atoms. The van der Waals surface area contributed by atoms with E-state index in [1.54, 1.807) is 7.11 Å². The average Bonchev–Trinajstić information content (AvgIpc) is 2.59. The van der Waals surface area contributed by atoms with Crippen molar-refractivity contribution < 1.29 is 9.47 Å². The number of ether oxygens (including phenoxy) is 2. The number of rotatable bonds is 2. The van der Waals surface area contributed by atoms with Gasteiger partial charge >= 0.3 is 0 Å². The van der Waals surface area contributed by atoms with Crippen molar-refractivity contribution in [3.05, 3.63) is 11.1 Å². The number of hydrogen-bond donors (Lipinski definition) is 0. The summed E-state index contributed by atoms with van der Waals surface area (Å²) in [6, 6.07) is 0.172. The van der Waals surface area contributed by atoms with Crippen molar-refractivity contribution in [2.24, 2.45) is 0 Å². The molecule has 0 N–H and O–H groups in total. The summed E-state index contributed by atoms with van der Waals surface area (Å²) in [5.74, 6) is 0.814. The fourth-order valence-electron chi connectivity index (χ4n) is 1.94. The van der Waals surface area contributed by atoms with Gasteiger partial charge in [0, 0.05) is 13.7 Å². The summed E-state index contributed by atoms with van der Waals surface area (Å²) < 4.78 is 12.7. The van der Waals surface area contributed by atoms with Gasteiger partial charge in [-0.1, -0.05) is 0 Å². The van der Waals surface area contributed by atoms with Crippen LogP contribution in [0.5, 0.6) is 0 Å². The van der Waals surface area contributed by atoms with Crippen LogP contribution in [-0.4, -0.2) is 41.2 Å². The van der Waals surface area contributed by atoms with Gasteiger partial charge in [0.2, 0.25) is 5.28 Å². The summed E-state index contributed by atoms with van der Waals surface area (Å²) in [5, 5.41) is 8.20. The third kappa shape index (κ3) is 2.00. The fraction of sp³-hybridized carbons (Fsp3) is 0.778. The quantitative estimate of drug-likeness (QED) is 0.768. The number of hydrogen-bond acceptors (Lipinski definition) is 4. The zero-order valence-electron chi connectivity index (χ0n) is 8.81. The highest BCUT2D eigenvalue weighted by Gasteiger charge is 2.29. The molecule has 1 aromatic rings. The molecular weight excluding hydrogens is 218 g/mol. The molecule has 6 heteroatoms. The van der Waals surface area contributed by atoms with Crippen LogP contribution in [0.2, 0.25) is 5.28 Å². The van der Waals surface area contributed by atoms with E-state index < -0.39 is 0 Å². The lowest BCUT2D eigenvalue weighted by atomic mass is 10.1. The van der Waals surface area contributed by atoms with E-state index in [0.717, 1.165) is 18.9 Å². The van der Waals surface area contributed by atoms with Crippen molar-refractivity contribution in [1.82, 2.24) is 14.8 Å². The Morgan fingerprint density at radius 1 is 1.53 bits per heavy atom. The molecule has 1 aliphatic rings. The summed E-state index contributed by atoms with van der Waals surface area (Å²) in [5.41, 5.74) is 0. The second-order valence-electron chi connectivity index (χ2n) is 3.59. The van der Waals surface area contributed by atoms with E-state index in [9.17, 15) is 0 Å². The summed E-state index contributed by atoms with van der Waals surface area (Å²) in [6.07, 6.45) is 0.892. The van der Waals surface area contributed by atoms with Crippen LogP contribution < -0.4 is 0 Å². The number of aryl methyl sites for hydroxylation is 1. The maximum Gasteiger partial charge on any atom is 0.225 e. The summed E-state index contributed by atoms with van der Waals surface area (Å²) >= 11 is 5.99. The first-order chi connectivity index (χ1) is 7.24. The van der Waals surface area contributed by atoms with Crippen LogP contribution in [0.15, 0.2) is 0 Å². The van der Waals surface area contributed by atoms with Crippen LogP contribution in [-0.2, 0) is 9.47 Å². The van der Waals surface area contributed by atoms with E-state index in [1.807, 2.05) is 11.5 Å². The third-order valence-electron chi connectivity index (χ3n) is 2.73. The van der Waals surface area contributed by atoms with Gasteiger partial charge in [0.15, 0.2) is 0 Å². The van der Waals surface area contributed by atoms with Crippen molar-refractivity contribution in [2.45, 2.75) is 25.5 Å². The maximum absolute atomic E-state index is 5.99. The molecule has 1 fully saturated rings. The minimum absolute atomic E-state index is 0.0194. The number of nitrogens with zero attached hydrogens (tertiary/aromatic N) is 3. The highest BCUT2D eigenvalue weighted by molar-refractivity contribution is 6.28. The second-order valence-corrected chi connectivity index (χ2v) is 3.93. The van der Waals surface area contributed by atoms with Crippen LogP contribution in [0, 0.1) is 6.92 Å². The largest absolute Gasteiger partial charge is 0.379 e. The lowest BCUT2D eigenvalue weighted by Crippen LogP contribution is -2.36. The molecule has 0 aromatic carbocycles. The molecule has 5 nitrogen and oxygen atoms in total. The van der Waals surface area contributed by atoms with Crippen molar-refractivity contribution in [3.8, 4) is 0 Å². The first kappa shape index (κ1) is 10.9. The van der Waals surface area contributed by atoms with Gasteiger partial charge in [-0.3, -0.25) is 4.57 Å². The molecule has 0 radical (unpaired) electrons. The molecule has 0 aliphatic carbocycles. The highest BCUT2D eigenvalue weighted by Crippen LogP contribution is 2.27. The molecule has 0 saturated carbocycles. The van der Waals surface area contributed by atoms with Crippen LogP contribution in [0.25, 0.3) is 0 Å². The zero-order chi connectivity index (χ0) is 10.8. The Balaban J connectivity index is 2.27. The average molecular weight is 232 g/mol. The summed E-state index contributed by atoms with van der Waals surface area (Å²) in [6.45, 7) is 3.20. The lowest BCUT2D eigenvalue weighted by Gasteiger charge is -2.31. The van der Waals surface area contributed by atoms with Gasteiger partial charge < -0.3 is 9.47 Å². The Hall–Kier alpha value is -0.650. The first-order valence-electron chi connectivity index (χ1n) is 4.91. The van der Waals surface area contributed by atoms with E-state index in [1.165, 1.54) is 0 Å². The lowest BCUT2D eigenvalue weighted by molar-refractivity contribution is -0.0605. The predicted octanol–water partition coefficient (Wildman–Crippen LogP) is 1.22. The Bertz CT molecular complexity index is 323. The topological polar surface area (TPSA) is 49.2 Å². The van der Waals surface area contributed by atoms with Crippen molar-refractivity contribution in [3.63, 3.8) is 0 Å². The van der Waals surface area contributed by atoms with E-state index >= 15 is 0 Å². The second kappa shape index (κ2) is 4.47. The van der Waals surface area contributed by atoms with Crippen LogP contribution in [0.3, 0.4) is 0 Å². The molecule has 15 heavy (non-hydrogen) atoms. The smallest absolute Gasteiger partial charge is 0.225 e. The van der Waals surface area contributed by atoms with Gasteiger partial charge in [-0.15, -0.1) is 10.2 Å². The molecule has 1 aliphatic heterocycles. The molecule has 84 valence electrons. The number of halogens is 1. The van der Waals surface area contributed by atoms with Crippen molar-refractivity contribution >= 4 is 11.6 Å². The molecule has 2 unspecified atom stereocenters. The Morgan fingerprint density at radius 3 is 2.93 bits per heavy atom. The van der Waals surface area contributed by atoms with Gasteiger partial charge in [0.25, 0.3) is 0 Å². The van der Waals surface area contributed by atoms with Gasteiger partial charge in [0.05, 0.1) is 12.6 Å². The SMILES string of the molecule is COC1COCCC1n1c(C)nnc1Cl. The first-order valence-corrected chi connectivity index (χ1v) is 5.29. The van der Waals surface area contributed by atoms with Crippen LogP contribution in [0.1, 0.15) is 18.3 Å². The van der Waals surface area contributed by atoms with Gasteiger partial charge in [0.1, 0.15) is 11.9 Å². The molecule has 2 rings (SSSR count). The standard InChI is InChI=1S/C9H14ClN3O2/c1-6-11-12-9(10)13(6)7-3-4-15-5-8(7)14-2/h7-8H,3-5H2,1-2H3. The molecule has 2 atom stereocenters. The van der Waals surface area contributed by atoms with E-state index in [2.05, 4.69) is 10.2 Å². The Labute approximate surface area is 93.3 Å². The summed E-state index contributed by atoms with van der Waals surface area (Å²) in [4.78, 5) is 0. The molecule has 0 spiro atoms. The van der Waals surface area contributed by atoms with Gasteiger partial charge in [-0.05, 0) is 24.9 Å². The monoisotopic (exact) mass is 231 g/mol. The fourth-order valence-corrected chi connectivity index (χ4v) is 2.23. The van der Waals surface area contributed by atoms with Crippen LogP contribution >= 0.6 is 11.6 Å². The maximum atomic E-state index is 5.99. The minimum atomic E-state index is 0.0194. The van der Waals surface area contributed by atoms with Crippen molar-refractivity contribution in [1.29, 1.82) is 0 Å². The van der Waals surface area contributed by atoms with Crippen molar-refractivity contribution in [2.75, 3.05) is 20.3 Å². The van der Waals surface area contributed by atoms with E-state index in [4.69, 9.17) is 21.1 Å². The molecular formula is C9H14ClN3O2. The Kier molecular flexibility index (Phi) is 3.23. The zero-order valence-corrected chi connectivity index (χ0v) is 9.57. The van der Waals surface area contributed by atoms with Crippen LogP contribution in [0.4, 0.5) is 0 Å². The summed E-state index contributed by atoms with van der Waals surface area (Å²) in [7, 11) is 1.68. The minimum Gasteiger partial charge on any atom is -0.379 e. The predicted molar refractivity (Wildman–Crippen MR) is 55.0 cm³/mol. The normalized spacial score (nSPS) is 26.9. The molecule has 1 saturated heterocycles. The molecule has 2 heterocycles. The molecule has 1 aromatic heterocycles. The van der Waals surface area contributed by atoms with E-state index in [0.29, 0.717) is 11.9 Å². The Morgan fingerprint density at radius 2 is 2.33 bits per heavy atom. The third-order valence-corrected chi connectivity index (χ3v) is 2.99.